The van der Waals surface area contributed by atoms with Gasteiger partial charge in [0.2, 0.25) is 0 Å². The summed E-state index contributed by atoms with van der Waals surface area (Å²) in [6.45, 7) is -0.167. The van der Waals surface area contributed by atoms with Gasteiger partial charge in [-0.1, -0.05) is 18.2 Å². The zero-order valence-corrected chi connectivity index (χ0v) is 28.9. The molecule has 300 valence electrons. The molecule has 0 radical (unpaired) electrons. The summed E-state index contributed by atoms with van der Waals surface area (Å²) in [6.07, 6.45) is -21.9. The SMILES string of the molecule is C[C@@H]1O[C@@H](O[C@H]2[C@H](O)[C@H](OCCc3ccc(O)c(O)c3)O[C@@H](CO[C@H]3O[C@@H](CO)[C@@H](O)[C@@H](O)[C@H]3O)[C@@H]2OC(=O)C=Cc2ccc(O)cc2)[C@@H](O)[C@@H](O)[C@@H]1O. The Morgan fingerprint density at radius 2 is 1.35 bits per heavy atom. The molecule has 54 heavy (non-hydrogen) atoms. The van der Waals surface area contributed by atoms with Gasteiger partial charge in [-0.3, -0.25) is 0 Å². The highest BCUT2D eigenvalue weighted by atomic mass is 16.8. The van der Waals surface area contributed by atoms with E-state index in [0.29, 0.717) is 11.1 Å². The third-order valence-electron chi connectivity index (χ3n) is 9.26. The largest absolute Gasteiger partial charge is 0.508 e. The Kier molecular flexibility index (Phi) is 14.2. The fraction of sp³-hybridized carbons (Fsp3) is 0.571. The third kappa shape index (κ3) is 9.83. The molecule has 3 aliphatic heterocycles. The van der Waals surface area contributed by atoms with E-state index < -0.39 is 111 Å². The van der Waals surface area contributed by atoms with Crippen molar-refractivity contribution in [3.05, 3.63) is 59.7 Å². The average Bonchev–Trinajstić information content (AvgIpc) is 3.15. The molecule has 0 unspecified atom stereocenters. The summed E-state index contributed by atoms with van der Waals surface area (Å²) in [5, 5.41) is 113. The Balaban J connectivity index is 1.43. The molecule has 3 saturated heterocycles. The number of benzene rings is 2. The number of phenols is 3. The van der Waals surface area contributed by atoms with Crippen molar-refractivity contribution < 1.29 is 94.1 Å². The molecule has 2 aromatic rings. The highest BCUT2D eigenvalue weighted by Crippen LogP contribution is 2.33. The number of hydrogen-bond donors (Lipinski definition) is 11. The molecule has 0 bridgehead atoms. The number of aromatic hydroxyl groups is 3. The van der Waals surface area contributed by atoms with Crippen molar-refractivity contribution in [2.24, 2.45) is 0 Å². The van der Waals surface area contributed by atoms with Gasteiger partial charge in [0.15, 0.2) is 36.5 Å². The van der Waals surface area contributed by atoms with Gasteiger partial charge in [0.25, 0.3) is 0 Å². The Labute approximate surface area is 308 Å². The molecular formula is C35H46O19. The standard InChI is InChI=1S/C35H46O19/c1-15-24(41)26(43)29(46)35(50-15)54-32-30(47)34(48-11-10-17-4-8-19(38)20(39)12-17)52-22(14-49-33-28(45)27(44)25(42)21(13-36)51-33)31(32)53-23(40)9-5-16-2-6-18(37)7-3-16/h2-9,12,15,21-22,24-39,41-47H,10-11,13-14H2,1H3/t15-,21-,22-,24+,25+,26-,27+,28+,29-,30-,31-,32-,33-,34+,35-/m0/s1. The second-order valence-electron chi connectivity index (χ2n) is 13.1. The third-order valence-corrected chi connectivity index (χ3v) is 9.26. The number of aliphatic hydroxyl groups excluding tert-OH is 8. The number of aliphatic hydroxyl groups is 8. The van der Waals surface area contributed by atoms with E-state index in [-0.39, 0.29) is 30.3 Å². The van der Waals surface area contributed by atoms with E-state index >= 15 is 0 Å². The molecule has 3 aliphatic rings. The van der Waals surface area contributed by atoms with Crippen molar-refractivity contribution in [3.8, 4) is 17.2 Å². The van der Waals surface area contributed by atoms with Crippen molar-refractivity contribution in [2.45, 2.75) is 105 Å². The maximum absolute atomic E-state index is 13.3. The van der Waals surface area contributed by atoms with Crippen LogP contribution in [0.15, 0.2) is 48.5 Å². The van der Waals surface area contributed by atoms with Gasteiger partial charge < -0.3 is 89.3 Å². The minimum Gasteiger partial charge on any atom is -0.508 e. The Hall–Kier alpha value is -3.51. The summed E-state index contributed by atoms with van der Waals surface area (Å²) >= 11 is 0. The molecule has 0 saturated carbocycles. The fourth-order valence-corrected chi connectivity index (χ4v) is 6.08. The van der Waals surface area contributed by atoms with Gasteiger partial charge in [0.05, 0.1) is 25.9 Å². The van der Waals surface area contributed by atoms with Crippen LogP contribution < -0.4 is 0 Å². The minimum atomic E-state index is -1.86. The molecule has 19 heteroatoms. The lowest BCUT2D eigenvalue weighted by atomic mass is 9.96. The molecule has 11 N–H and O–H groups in total. The van der Waals surface area contributed by atoms with E-state index in [4.69, 9.17) is 33.2 Å². The van der Waals surface area contributed by atoms with Crippen molar-refractivity contribution in [1.29, 1.82) is 0 Å². The predicted molar refractivity (Wildman–Crippen MR) is 178 cm³/mol. The number of phenolic OH excluding ortho intramolecular Hbond substituents is 3. The van der Waals surface area contributed by atoms with E-state index in [9.17, 15) is 61.0 Å². The number of carbonyl (C=O) groups is 1. The highest BCUT2D eigenvalue weighted by Gasteiger charge is 2.53. The first kappa shape index (κ1) is 41.6. The van der Waals surface area contributed by atoms with Gasteiger partial charge in [0, 0.05) is 6.08 Å². The van der Waals surface area contributed by atoms with Crippen LogP contribution in [0.25, 0.3) is 6.08 Å². The average molecular weight is 771 g/mol. The number of hydrogen-bond acceptors (Lipinski definition) is 19. The summed E-state index contributed by atoms with van der Waals surface area (Å²) in [5.74, 6) is -1.74. The van der Waals surface area contributed by atoms with Crippen LogP contribution in [-0.4, -0.2) is 174 Å². The van der Waals surface area contributed by atoms with Crippen LogP contribution in [0.1, 0.15) is 18.1 Å². The molecule has 0 aromatic heterocycles. The van der Waals surface area contributed by atoms with E-state index in [1.54, 1.807) is 0 Å². The van der Waals surface area contributed by atoms with Crippen molar-refractivity contribution >= 4 is 12.0 Å². The highest BCUT2D eigenvalue weighted by molar-refractivity contribution is 5.87. The van der Waals surface area contributed by atoms with E-state index in [1.165, 1.54) is 55.5 Å². The summed E-state index contributed by atoms with van der Waals surface area (Å²) in [7, 11) is 0. The first-order valence-electron chi connectivity index (χ1n) is 17.1. The van der Waals surface area contributed by atoms with E-state index in [2.05, 4.69) is 0 Å². The van der Waals surface area contributed by atoms with Gasteiger partial charge in [-0.15, -0.1) is 0 Å². The van der Waals surface area contributed by atoms with Crippen LogP contribution in [0.2, 0.25) is 0 Å². The van der Waals surface area contributed by atoms with Crippen LogP contribution >= 0.6 is 0 Å². The van der Waals surface area contributed by atoms with Crippen LogP contribution in [0.5, 0.6) is 17.2 Å². The first-order chi connectivity index (χ1) is 25.7. The summed E-state index contributed by atoms with van der Waals surface area (Å²) in [6, 6.07) is 9.88. The Bertz CT molecular complexity index is 1540. The number of carbonyl (C=O) groups excluding carboxylic acids is 1. The smallest absolute Gasteiger partial charge is 0.331 e. The van der Waals surface area contributed by atoms with E-state index in [1.807, 2.05) is 0 Å². The molecule has 15 atom stereocenters. The van der Waals surface area contributed by atoms with Crippen LogP contribution in [0.3, 0.4) is 0 Å². The number of rotatable bonds is 13. The van der Waals surface area contributed by atoms with Crippen LogP contribution in [-0.2, 0) is 44.4 Å². The lowest BCUT2D eigenvalue weighted by Gasteiger charge is -2.47. The fourth-order valence-electron chi connectivity index (χ4n) is 6.08. The minimum absolute atomic E-state index is 0.0117. The normalized spacial score (nSPS) is 37.3. The molecule has 0 spiro atoms. The Morgan fingerprint density at radius 3 is 2.04 bits per heavy atom. The van der Waals surface area contributed by atoms with E-state index in [0.717, 1.165) is 6.08 Å². The molecule has 2 aromatic carbocycles. The molecule has 19 nitrogen and oxygen atoms in total. The van der Waals surface area contributed by atoms with Gasteiger partial charge in [-0.2, -0.15) is 0 Å². The number of esters is 1. The van der Waals surface area contributed by atoms with Crippen molar-refractivity contribution in [3.63, 3.8) is 0 Å². The molecule has 3 fully saturated rings. The van der Waals surface area contributed by atoms with Gasteiger partial charge in [-0.05, 0) is 54.8 Å². The lowest BCUT2D eigenvalue weighted by Crippen LogP contribution is -2.65. The quantitative estimate of drug-likeness (QED) is 0.0553. The monoisotopic (exact) mass is 770 g/mol. The summed E-state index contributed by atoms with van der Waals surface area (Å²) in [4.78, 5) is 13.3. The maximum atomic E-state index is 13.3. The Morgan fingerprint density at radius 1 is 0.704 bits per heavy atom. The summed E-state index contributed by atoms with van der Waals surface area (Å²) < 4.78 is 40.3. The van der Waals surface area contributed by atoms with Crippen molar-refractivity contribution in [1.82, 2.24) is 0 Å². The lowest BCUT2D eigenvalue weighted by molar-refractivity contribution is -0.364. The molecule has 0 aliphatic carbocycles. The molecule has 0 amide bonds. The van der Waals surface area contributed by atoms with Gasteiger partial charge in [0.1, 0.15) is 66.8 Å². The topological polar surface area (TPSA) is 304 Å². The maximum Gasteiger partial charge on any atom is 0.331 e. The first-order valence-corrected chi connectivity index (χ1v) is 17.1. The van der Waals surface area contributed by atoms with Gasteiger partial charge >= 0.3 is 5.97 Å². The number of ether oxygens (including phenoxy) is 7. The second-order valence-corrected chi connectivity index (χ2v) is 13.1. The summed E-state index contributed by atoms with van der Waals surface area (Å²) in [5.41, 5.74) is 1.02. The predicted octanol–water partition coefficient (Wildman–Crippen LogP) is -2.90. The zero-order valence-electron chi connectivity index (χ0n) is 28.9. The molecular weight excluding hydrogens is 724 g/mol. The molecule has 5 rings (SSSR count). The zero-order chi connectivity index (χ0) is 39.3. The molecule has 3 heterocycles. The van der Waals surface area contributed by atoms with Gasteiger partial charge in [-0.25, -0.2) is 4.79 Å². The second kappa shape index (κ2) is 18.4. The van der Waals surface area contributed by atoms with Crippen molar-refractivity contribution in [2.75, 3.05) is 19.8 Å². The van der Waals surface area contributed by atoms with Crippen LogP contribution in [0.4, 0.5) is 0 Å². The van der Waals surface area contributed by atoms with Crippen LogP contribution in [0, 0.1) is 0 Å².